The molecule has 0 amide bonds. The number of rotatable bonds is 4. The summed E-state index contributed by atoms with van der Waals surface area (Å²) >= 11 is 5.97. The van der Waals surface area contributed by atoms with E-state index < -0.39 is 0 Å². The van der Waals surface area contributed by atoms with E-state index in [2.05, 4.69) is 20.9 Å². The zero-order valence-corrected chi connectivity index (χ0v) is 18.4. The first-order valence-electron chi connectivity index (χ1n) is 11.2. The summed E-state index contributed by atoms with van der Waals surface area (Å²) in [6.07, 6.45) is 8.83. The number of hydrogen-bond acceptors (Lipinski definition) is 4. The molecule has 1 saturated carbocycles. The van der Waals surface area contributed by atoms with E-state index in [1.165, 1.54) is 19.3 Å². The van der Waals surface area contributed by atoms with Gasteiger partial charge in [-0.25, -0.2) is 4.98 Å². The Morgan fingerprint density at radius 1 is 1.06 bits per heavy atom. The topological polar surface area (TPSA) is 61.9 Å². The van der Waals surface area contributed by atoms with E-state index >= 15 is 0 Å². The zero-order chi connectivity index (χ0) is 21.2. The van der Waals surface area contributed by atoms with Gasteiger partial charge < -0.3 is 4.98 Å². The summed E-state index contributed by atoms with van der Waals surface area (Å²) < 4.78 is 0. The summed E-state index contributed by atoms with van der Waals surface area (Å²) in [6, 6.07) is 11.9. The first-order valence-corrected chi connectivity index (χ1v) is 11.6. The van der Waals surface area contributed by atoms with Crippen LogP contribution in [-0.4, -0.2) is 26.4 Å². The van der Waals surface area contributed by atoms with Crippen LogP contribution in [0.1, 0.15) is 60.7 Å². The van der Waals surface area contributed by atoms with Crippen LogP contribution >= 0.6 is 11.6 Å². The van der Waals surface area contributed by atoms with Gasteiger partial charge in [-0.3, -0.25) is 14.7 Å². The Morgan fingerprint density at radius 3 is 2.61 bits per heavy atom. The number of nitrogens with zero attached hydrogens (tertiary/aromatic N) is 3. The smallest absolute Gasteiger partial charge is 0.255 e. The molecule has 0 spiro atoms. The Kier molecular flexibility index (Phi) is 5.88. The Hall–Kier alpha value is -2.50. The van der Waals surface area contributed by atoms with Gasteiger partial charge in [0, 0.05) is 48.8 Å². The number of fused-ring (bicyclic) bond motifs is 1. The second kappa shape index (κ2) is 8.93. The normalized spacial score (nSPS) is 17.5. The molecule has 0 bridgehead atoms. The van der Waals surface area contributed by atoms with Crippen LogP contribution in [0.15, 0.2) is 47.4 Å². The number of pyridine rings is 1. The van der Waals surface area contributed by atoms with Gasteiger partial charge in [-0.1, -0.05) is 49.1 Å². The zero-order valence-electron chi connectivity index (χ0n) is 17.6. The highest BCUT2D eigenvalue weighted by atomic mass is 35.5. The van der Waals surface area contributed by atoms with Crippen molar-refractivity contribution < 1.29 is 0 Å². The Bertz CT molecular complexity index is 1100. The van der Waals surface area contributed by atoms with Gasteiger partial charge in [0.2, 0.25) is 0 Å². The first-order chi connectivity index (χ1) is 15.2. The molecule has 1 N–H and O–H groups in total. The summed E-state index contributed by atoms with van der Waals surface area (Å²) in [4.78, 5) is 27.7. The van der Waals surface area contributed by atoms with Gasteiger partial charge in [-0.15, -0.1) is 0 Å². The van der Waals surface area contributed by atoms with Crippen molar-refractivity contribution in [1.29, 1.82) is 0 Å². The molecule has 31 heavy (non-hydrogen) atoms. The number of nitrogens with one attached hydrogen (secondary N) is 1. The Labute approximate surface area is 187 Å². The minimum Gasteiger partial charge on any atom is -0.310 e. The molecule has 0 saturated heterocycles. The quantitative estimate of drug-likeness (QED) is 0.621. The Balaban J connectivity index is 1.27. The monoisotopic (exact) mass is 434 g/mol. The van der Waals surface area contributed by atoms with Gasteiger partial charge in [0.15, 0.2) is 0 Å². The highest BCUT2D eigenvalue weighted by molar-refractivity contribution is 6.30. The van der Waals surface area contributed by atoms with E-state index in [1.54, 1.807) is 0 Å². The third-order valence-corrected chi connectivity index (χ3v) is 6.78. The fourth-order valence-electron chi connectivity index (χ4n) is 4.77. The average Bonchev–Trinajstić information content (AvgIpc) is 2.81. The predicted molar refractivity (Wildman–Crippen MR) is 123 cm³/mol. The van der Waals surface area contributed by atoms with Crippen LogP contribution in [0.25, 0.3) is 11.3 Å². The van der Waals surface area contributed by atoms with E-state index in [4.69, 9.17) is 16.6 Å². The van der Waals surface area contributed by atoms with Gasteiger partial charge in [0.1, 0.15) is 5.82 Å². The van der Waals surface area contributed by atoms with Crippen LogP contribution in [0.5, 0.6) is 0 Å². The number of benzene rings is 1. The van der Waals surface area contributed by atoms with E-state index in [0.717, 1.165) is 71.3 Å². The highest BCUT2D eigenvalue weighted by Crippen LogP contribution is 2.31. The number of halogens is 1. The van der Waals surface area contributed by atoms with Crippen molar-refractivity contribution in [2.75, 3.05) is 6.54 Å². The number of aromatic amines is 1. The van der Waals surface area contributed by atoms with Crippen molar-refractivity contribution in [2.24, 2.45) is 0 Å². The molecule has 160 valence electrons. The summed E-state index contributed by atoms with van der Waals surface area (Å²) in [5.74, 6) is 1.34. The number of H-pyrrole nitrogens is 1. The minimum absolute atomic E-state index is 0.0477. The van der Waals surface area contributed by atoms with Crippen LogP contribution in [-0.2, 0) is 19.5 Å². The average molecular weight is 435 g/mol. The summed E-state index contributed by atoms with van der Waals surface area (Å²) in [6.45, 7) is 2.32. The molecular formula is C25H27ClN4O. The largest absolute Gasteiger partial charge is 0.310 e. The van der Waals surface area contributed by atoms with Gasteiger partial charge in [0.05, 0.1) is 17.0 Å². The fraction of sp³-hybridized carbons (Fsp3) is 0.400. The molecule has 1 aliphatic heterocycles. The van der Waals surface area contributed by atoms with Crippen molar-refractivity contribution >= 4 is 11.6 Å². The van der Waals surface area contributed by atoms with Crippen LogP contribution in [0, 0.1) is 0 Å². The van der Waals surface area contributed by atoms with Crippen molar-refractivity contribution in [3.63, 3.8) is 0 Å². The number of hydrogen-bond donors (Lipinski definition) is 1. The van der Waals surface area contributed by atoms with Crippen molar-refractivity contribution in [3.05, 3.63) is 80.6 Å². The van der Waals surface area contributed by atoms with Crippen molar-refractivity contribution in [1.82, 2.24) is 19.9 Å². The minimum atomic E-state index is 0.0477. The molecule has 1 aliphatic carbocycles. The fourth-order valence-corrected chi connectivity index (χ4v) is 4.90. The Morgan fingerprint density at radius 2 is 1.87 bits per heavy atom. The maximum atomic E-state index is 12.8. The SMILES string of the molecule is O=c1[nH]c(C2CCCCC2)nc2c1CN(Cc1ccc(-c3ccc(Cl)cc3)nc1)CC2. The second-order valence-corrected chi connectivity index (χ2v) is 9.17. The lowest BCUT2D eigenvalue weighted by Gasteiger charge is -2.28. The molecule has 0 atom stereocenters. The molecule has 2 aliphatic rings. The molecular weight excluding hydrogens is 408 g/mol. The van der Waals surface area contributed by atoms with Gasteiger partial charge >= 0.3 is 0 Å². The molecule has 1 fully saturated rings. The maximum absolute atomic E-state index is 12.8. The predicted octanol–water partition coefficient (Wildman–Crippen LogP) is 5.09. The van der Waals surface area contributed by atoms with E-state index in [1.807, 2.05) is 36.5 Å². The third-order valence-electron chi connectivity index (χ3n) is 6.53. The lowest BCUT2D eigenvalue weighted by molar-refractivity contribution is 0.240. The van der Waals surface area contributed by atoms with E-state index in [9.17, 15) is 4.79 Å². The number of aromatic nitrogens is 3. The molecule has 3 aromatic rings. The summed E-state index contributed by atoms with van der Waals surface area (Å²) in [5.41, 5.74) is 5.00. The van der Waals surface area contributed by atoms with Crippen molar-refractivity contribution in [3.8, 4) is 11.3 Å². The van der Waals surface area contributed by atoms with Gasteiger partial charge in [-0.05, 0) is 36.6 Å². The van der Waals surface area contributed by atoms with Gasteiger partial charge in [0.25, 0.3) is 5.56 Å². The van der Waals surface area contributed by atoms with Gasteiger partial charge in [-0.2, -0.15) is 0 Å². The highest BCUT2D eigenvalue weighted by Gasteiger charge is 2.24. The molecule has 2 aromatic heterocycles. The third kappa shape index (κ3) is 4.58. The molecule has 0 radical (unpaired) electrons. The van der Waals surface area contributed by atoms with Crippen LogP contribution in [0.4, 0.5) is 0 Å². The molecule has 5 nitrogen and oxygen atoms in total. The van der Waals surface area contributed by atoms with Crippen LogP contribution < -0.4 is 5.56 Å². The lowest BCUT2D eigenvalue weighted by Crippen LogP contribution is -2.36. The standard InChI is InChI=1S/C25H27ClN4O/c26-20-9-7-18(8-10-20)22-11-6-17(14-27-22)15-30-13-12-23-21(16-30)25(31)29-24(28-23)19-4-2-1-3-5-19/h6-11,14,19H,1-5,12-13,15-16H2,(H,28,29,31). The molecule has 1 aromatic carbocycles. The second-order valence-electron chi connectivity index (χ2n) is 8.73. The summed E-state index contributed by atoms with van der Waals surface area (Å²) in [5, 5.41) is 0.723. The molecule has 6 heteroatoms. The van der Waals surface area contributed by atoms with Crippen molar-refractivity contribution in [2.45, 2.75) is 57.5 Å². The molecule has 0 unspecified atom stereocenters. The van der Waals surface area contributed by atoms with E-state index in [0.29, 0.717) is 12.5 Å². The summed E-state index contributed by atoms with van der Waals surface area (Å²) in [7, 11) is 0. The maximum Gasteiger partial charge on any atom is 0.255 e. The van der Waals surface area contributed by atoms with Crippen LogP contribution in [0.2, 0.25) is 5.02 Å². The van der Waals surface area contributed by atoms with E-state index in [-0.39, 0.29) is 5.56 Å². The molecule has 3 heterocycles. The van der Waals surface area contributed by atoms with Crippen LogP contribution in [0.3, 0.4) is 0 Å². The molecule has 5 rings (SSSR count). The first kappa shape index (κ1) is 20.4. The lowest BCUT2D eigenvalue weighted by atomic mass is 9.88.